The fraction of sp³-hybridized carbons (Fsp3) is 0.226. The number of hydrogen-bond acceptors (Lipinski definition) is 11. The molecule has 6 N–H and O–H groups in total. The van der Waals surface area contributed by atoms with Crippen LogP contribution in [0.4, 0.5) is 31.5 Å². The van der Waals surface area contributed by atoms with Crippen molar-refractivity contribution in [3.05, 3.63) is 189 Å². The number of benzene rings is 6. The lowest BCUT2D eigenvalue weighted by atomic mass is 9.95. The molecule has 6 rings (SSSR count). The van der Waals surface area contributed by atoms with Crippen LogP contribution >= 0.6 is 24.0 Å². The zero-order chi connectivity index (χ0) is 53.5. The van der Waals surface area contributed by atoms with E-state index in [4.69, 9.17) is 36.3 Å². The summed E-state index contributed by atoms with van der Waals surface area (Å²) in [5.41, 5.74) is 9.23. The zero-order valence-electron chi connectivity index (χ0n) is 39.7. The number of hydrogen-bond donors (Lipinski definition) is 5. The zero-order valence-corrected chi connectivity index (χ0v) is 41.2. The third-order valence-electron chi connectivity index (χ3n) is 11.3. The maximum atomic E-state index is 14.8. The van der Waals surface area contributed by atoms with Gasteiger partial charge in [-0.25, -0.2) is 32.3 Å². The number of ether oxygens (including phenoxy) is 4. The quantitative estimate of drug-likeness (QED) is 0.0142. The third-order valence-corrected chi connectivity index (χ3v) is 11.7. The van der Waals surface area contributed by atoms with Crippen molar-refractivity contribution in [1.82, 2.24) is 15.5 Å². The molecule has 0 heterocycles. The van der Waals surface area contributed by atoms with E-state index in [0.717, 1.165) is 10.5 Å². The highest BCUT2D eigenvalue weighted by Crippen LogP contribution is 2.33. The Kier molecular flexibility index (Phi) is 21.3. The number of carbonyl (C=O) groups excluding carboxylic acids is 4. The average Bonchev–Trinajstić information content (AvgIpc) is 3.40. The number of carbonyl (C=O) groups is 5. The number of aliphatic hydroxyl groups excluding tert-OH is 1. The Morgan fingerprint density at radius 2 is 1.16 bits per heavy atom. The molecule has 15 nitrogen and oxygen atoms in total. The van der Waals surface area contributed by atoms with Crippen molar-refractivity contribution in [2.45, 2.75) is 63.3 Å². The summed E-state index contributed by atoms with van der Waals surface area (Å²) in [4.78, 5) is 66.3. The van der Waals surface area contributed by atoms with E-state index in [9.17, 15) is 56.1 Å². The van der Waals surface area contributed by atoms with E-state index in [1.54, 1.807) is 103 Å². The highest BCUT2D eigenvalue weighted by atomic mass is 35.5. The first-order valence-corrected chi connectivity index (χ1v) is 22.9. The van der Waals surface area contributed by atoms with Gasteiger partial charge < -0.3 is 50.4 Å². The summed E-state index contributed by atoms with van der Waals surface area (Å²) in [6.45, 7) is -0.687. The Morgan fingerprint density at radius 1 is 0.667 bits per heavy atom. The van der Waals surface area contributed by atoms with E-state index >= 15 is 0 Å². The van der Waals surface area contributed by atoms with Crippen LogP contribution in [0.2, 0.25) is 5.02 Å². The molecule has 0 fully saturated rings. The molecule has 3 amide bonds. The molecule has 0 aromatic heterocycles. The predicted molar refractivity (Wildman–Crippen MR) is 265 cm³/mol. The van der Waals surface area contributed by atoms with Gasteiger partial charge in [-0.05, 0) is 69.6 Å². The molecule has 0 aliphatic heterocycles. The summed E-state index contributed by atoms with van der Waals surface area (Å²) >= 11 is 6.61. The van der Waals surface area contributed by atoms with Gasteiger partial charge in [0.1, 0.15) is 37.7 Å². The van der Waals surface area contributed by atoms with Crippen molar-refractivity contribution in [1.29, 1.82) is 0 Å². The molecule has 6 aromatic rings. The van der Waals surface area contributed by atoms with Crippen molar-refractivity contribution < 1.29 is 75.1 Å². The number of carboxylic acid groups (broad SMARTS) is 1. The van der Waals surface area contributed by atoms with Gasteiger partial charge in [-0.15, -0.1) is 12.4 Å². The summed E-state index contributed by atoms with van der Waals surface area (Å²) in [5, 5.41) is 25.7. The number of nitrogens with one attached hydrogen (secondary N) is 2. The summed E-state index contributed by atoms with van der Waals surface area (Å²) in [6, 6.07) is 30.2. The summed E-state index contributed by atoms with van der Waals surface area (Å²) < 4.78 is 93.4. The molecule has 0 saturated heterocycles. The minimum absolute atomic E-state index is 0. The monoisotopic (exact) mass is 1080 g/mol. The number of nitrogens with zero attached hydrogens (tertiary/aromatic N) is 1. The largest absolute Gasteiger partial charge is 0.489 e. The van der Waals surface area contributed by atoms with Crippen LogP contribution in [0, 0.1) is 29.1 Å². The van der Waals surface area contributed by atoms with E-state index in [1.165, 1.54) is 31.3 Å². The Hall–Kier alpha value is -7.78. The van der Waals surface area contributed by atoms with Crippen LogP contribution in [0.5, 0.6) is 11.5 Å². The minimum atomic E-state index is -2.50. The summed E-state index contributed by atoms with van der Waals surface area (Å²) in [6.07, 6.45) is -4.71. The lowest BCUT2D eigenvalue weighted by Crippen LogP contribution is -2.51. The van der Waals surface area contributed by atoms with Gasteiger partial charge in [0.15, 0.2) is 0 Å². The Morgan fingerprint density at radius 3 is 1.71 bits per heavy atom. The van der Waals surface area contributed by atoms with Gasteiger partial charge >= 0.3 is 24.1 Å². The van der Waals surface area contributed by atoms with Gasteiger partial charge in [0.25, 0.3) is 0 Å². The molecule has 22 heteroatoms. The van der Waals surface area contributed by atoms with Crippen LogP contribution in [-0.2, 0) is 56.5 Å². The van der Waals surface area contributed by atoms with E-state index in [2.05, 4.69) is 10.6 Å². The number of rotatable bonds is 22. The van der Waals surface area contributed by atoms with Gasteiger partial charge in [-0.1, -0.05) is 115 Å². The SMILES string of the molecule is CN(C(=O)[C@@H](N)C[C@H](O)CNC(=O)OCc1ccccc1)[C@@H](Cc1cc(-c2ccc(OCc3ccccc3)c(C[C@H](NC(=O)OCc3ccccc3)C(=O)Oc3c(F)c(F)c(F)c(F)c3F)c2)ccc1Cl)C(=O)O.Cl. The highest BCUT2D eigenvalue weighted by molar-refractivity contribution is 6.31. The average molecular weight is 1080 g/mol. The predicted octanol–water partition coefficient (Wildman–Crippen LogP) is 8.61. The number of carboxylic acids is 1. The van der Waals surface area contributed by atoms with Crippen LogP contribution in [0.15, 0.2) is 127 Å². The lowest BCUT2D eigenvalue weighted by molar-refractivity contribution is -0.149. The maximum Gasteiger partial charge on any atom is 0.408 e. The van der Waals surface area contributed by atoms with Crippen molar-refractivity contribution in [3.63, 3.8) is 0 Å². The first-order chi connectivity index (χ1) is 35.4. The molecular formula is C53H49Cl2F5N4O11. The second-order valence-corrected chi connectivity index (χ2v) is 17.0. The molecule has 75 heavy (non-hydrogen) atoms. The second-order valence-electron chi connectivity index (χ2n) is 16.6. The fourth-order valence-corrected chi connectivity index (χ4v) is 7.53. The van der Waals surface area contributed by atoms with Crippen LogP contribution < -0.4 is 25.8 Å². The van der Waals surface area contributed by atoms with Crippen LogP contribution in [0.3, 0.4) is 0 Å². The van der Waals surface area contributed by atoms with Crippen molar-refractivity contribution in [3.8, 4) is 22.6 Å². The fourth-order valence-electron chi connectivity index (χ4n) is 7.34. The Bertz CT molecular complexity index is 2920. The van der Waals surface area contributed by atoms with E-state index in [0.29, 0.717) is 22.3 Å². The van der Waals surface area contributed by atoms with Crippen molar-refractivity contribution in [2.75, 3.05) is 13.6 Å². The molecule has 0 spiro atoms. The summed E-state index contributed by atoms with van der Waals surface area (Å²) in [7, 11) is 1.21. The topological polar surface area (TPSA) is 216 Å². The molecule has 6 aromatic carbocycles. The molecule has 0 unspecified atom stereocenters. The van der Waals surface area contributed by atoms with Crippen molar-refractivity contribution >= 4 is 54.0 Å². The van der Waals surface area contributed by atoms with Gasteiger partial charge in [0.2, 0.25) is 40.7 Å². The Labute approximate surface area is 437 Å². The highest BCUT2D eigenvalue weighted by Gasteiger charge is 2.34. The third kappa shape index (κ3) is 16.1. The summed E-state index contributed by atoms with van der Waals surface area (Å²) in [5.74, 6) is -17.9. The minimum Gasteiger partial charge on any atom is -0.489 e. The molecule has 0 bridgehead atoms. The molecule has 0 aliphatic carbocycles. The van der Waals surface area contributed by atoms with Gasteiger partial charge in [0, 0.05) is 31.5 Å². The first kappa shape index (κ1) is 58.1. The van der Waals surface area contributed by atoms with E-state index in [1.807, 2.05) is 0 Å². The lowest BCUT2D eigenvalue weighted by Gasteiger charge is -2.28. The molecular weight excluding hydrogens is 1030 g/mol. The van der Waals surface area contributed by atoms with E-state index < -0.39 is 95.5 Å². The molecule has 4 atom stereocenters. The van der Waals surface area contributed by atoms with Gasteiger partial charge in [-0.3, -0.25) is 4.79 Å². The first-order valence-electron chi connectivity index (χ1n) is 22.6. The number of amides is 3. The number of alkyl carbamates (subject to hydrolysis) is 2. The number of likely N-dealkylation sites (N-methyl/N-ethyl adjacent to an activating group) is 1. The maximum absolute atomic E-state index is 14.8. The number of nitrogens with two attached hydrogens (primary N) is 1. The Balaban J connectivity index is 0.0000104. The normalized spacial score (nSPS) is 12.4. The van der Waals surface area contributed by atoms with E-state index in [-0.39, 0.29) is 73.5 Å². The molecule has 0 aliphatic rings. The standard InChI is InChI=1S/C53H48ClF5N4O11.ClH/c1-63(49(65)39(60)25-37(64)26-61-52(69)72-28-31-13-7-3-8-14-31)41(50(66)67)24-35-21-33(17-19-38(35)54)34-18-20-42(71-27-30-11-5-2-6-12-30)36(22-34)23-40(62-53(70)73-29-32-15-9-4-10-16-32)51(68)74-48-46(58)44(56)43(55)45(57)47(48)59;/h2-22,37,39-41,64H,23-29,60H2,1H3,(H,61,69)(H,62,70)(H,66,67);1H/t37-,39-,40-,41-;/m0./s1. The number of aliphatic hydroxyl groups is 1. The number of halogens is 7. The smallest absolute Gasteiger partial charge is 0.408 e. The number of aliphatic carboxylic acids is 1. The number of esters is 1. The van der Waals surface area contributed by atoms with Gasteiger partial charge in [-0.2, -0.15) is 8.78 Å². The van der Waals surface area contributed by atoms with Crippen LogP contribution in [-0.4, -0.2) is 83.0 Å². The second kappa shape index (κ2) is 27.5. The van der Waals surface area contributed by atoms with Crippen molar-refractivity contribution in [2.24, 2.45) is 5.73 Å². The molecule has 0 saturated carbocycles. The van der Waals surface area contributed by atoms with Crippen LogP contribution in [0.25, 0.3) is 11.1 Å². The van der Waals surface area contributed by atoms with Gasteiger partial charge in [0.05, 0.1) is 12.1 Å². The van der Waals surface area contributed by atoms with Crippen LogP contribution in [0.1, 0.15) is 34.2 Å². The molecule has 0 radical (unpaired) electrons. The molecule has 396 valence electrons.